The summed E-state index contributed by atoms with van der Waals surface area (Å²) >= 11 is 0. The molecule has 0 atom stereocenters. The van der Waals surface area contributed by atoms with E-state index in [9.17, 15) is 8.78 Å². The minimum Gasteiger partial charge on any atom is -0.203 e. The van der Waals surface area contributed by atoms with Crippen molar-refractivity contribution < 1.29 is 8.78 Å². The number of hydrogen-bond acceptors (Lipinski definition) is 0. The molecule has 0 aromatic heterocycles. The van der Waals surface area contributed by atoms with Gasteiger partial charge in [0.25, 0.3) is 0 Å². The Kier molecular flexibility index (Phi) is 4.67. The van der Waals surface area contributed by atoms with Gasteiger partial charge in [-0.25, -0.2) is 8.78 Å². The molecule has 0 nitrogen and oxygen atoms in total. The predicted molar refractivity (Wildman–Crippen MR) is 80.7 cm³/mol. The molecule has 2 heteroatoms. The second-order valence-corrected chi connectivity index (χ2v) is 4.73. The van der Waals surface area contributed by atoms with Crippen molar-refractivity contribution in [1.29, 1.82) is 0 Å². The summed E-state index contributed by atoms with van der Waals surface area (Å²) in [6, 6.07) is 13.8. The van der Waals surface area contributed by atoms with Crippen LogP contribution < -0.4 is 0 Å². The fourth-order valence-corrected chi connectivity index (χ4v) is 2.03. The quantitative estimate of drug-likeness (QED) is 0.638. The Bertz CT molecular complexity index is 537. The summed E-state index contributed by atoms with van der Waals surface area (Å²) in [7, 11) is 0. The maximum Gasteiger partial charge on any atom is 0.166 e. The molecule has 0 radical (unpaired) electrons. The molecule has 2 aromatic rings. The number of aryl methyl sites for hydroxylation is 2. The zero-order chi connectivity index (χ0) is 14.5. The average Bonchev–Trinajstić information content (AvgIpc) is 2.53. The van der Waals surface area contributed by atoms with Gasteiger partial charge in [-0.15, -0.1) is 0 Å². The largest absolute Gasteiger partial charge is 0.203 e. The molecule has 0 N–H and O–H groups in total. The lowest BCUT2D eigenvalue weighted by Gasteiger charge is -2.04. The van der Waals surface area contributed by atoms with Crippen LogP contribution in [-0.4, -0.2) is 0 Å². The monoisotopic (exact) mass is 272 g/mol. The molecule has 0 saturated heterocycles. The van der Waals surface area contributed by atoms with Crippen molar-refractivity contribution in [3.63, 3.8) is 0 Å². The summed E-state index contributed by atoms with van der Waals surface area (Å²) in [5, 5.41) is 0. The Hall–Kier alpha value is -1.96. The van der Waals surface area contributed by atoms with E-state index >= 15 is 0 Å². The van der Waals surface area contributed by atoms with Crippen LogP contribution in [0.4, 0.5) is 8.78 Å². The smallest absolute Gasteiger partial charge is 0.166 e. The lowest BCUT2D eigenvalue weighted by molar-refractivity contribution is 0.700. The van der Waals surface area contributed by atoms with E-state index < -0.39 is 11.7 Å². The van der Waals surface area contributed by atoms with Gasteiger partial charge in [0.2, 0.25) is 0 Å². The van der Waals surface area contributed by atoms with Crippen molar-refractivity contribution in [3.05, 3.63) is 70.8 Å². The van der Waals surface area contributed by atoms with Gasteiger partial charge in [0.1, 0.15) is 0 Å². The SMILES string of the molecule is CCc1ccc(/C(F)=C(\F)c2ccc(CC)cc2)cc1. The van der Waals surface area contributed by atoms with Crippen LogP contribution >= 0.6 is 0 Å². The first-order chi connectivity index (χ1) is 9.65. The molecule has 0 aliphatic heterocycles. The number of halogens is 2. The predicted octanol–water partition coefficient (Wildman–Crippen LogP) is 5.58. The van der Waals surface area contributed by atoms with E-state index in [1.807, 2.05) is 38.1 Å². The Morgan fingerprint density at radius 1 is 0.650 bits per heavy atom. The average molecular weight is 272 g/mol. The molecule has 0 amide bonds. The Morgan fingerprint density at radius 3 is 1.20 bits per heavy atom. The summed E-state index contributed by atoms with van der Waals surface area (Å²) in [6.07, 6.45) is 1.76. The van der Waals surface area contributed by atoms with Crippen molar-refractivity contribution in [2.45, 2.75) is 26.7 Å². The molecule has 104 valence electrons. The summed E-state index contributed by atoms with van der Waals surface area (Å²) in [5.41, 5.74) is 2.77. The summed E-state index contributed by atoms with van der Waals surface area (Å²) in [4.78, 5) is 0. The second-order valence-electron chi connectivity index (χ2n) is 4.73. The molecule has 0 saturated carbocycles. The molecular formula is C18H18F2. The molecule has 0 fully saturated rings. The highest BCUT2D eigenvalue weighted by Crippen LogP contribution is 2.29. The number of rotatable bonds is 4. The highest BCUT2D eigenvalue weighted by Gasteiger charge is 2.11. The zero-order valence-corrected chi connectivity index (χ0v) is 11.8. The zero-order valence-electron chi connectivity index (χ0n) is 11.8. The first-order valence-corrected chi connectivity index (χ1v) is 6.89. The van der Waals surface area contributed by atoms with Crippen LogP contribution in [0.5, 0.6) is 0 Å². The van der Waals surface area contributed by atoms with Gasteiger partial charge >= 0.3 is 0 Å². The summed E-state index contributed by atoms with van der Waals surface area (Å²) < 4.78 is 28.3. The number of hydrogen-bond donors (Lipinski definition) is 0. The van der Waals surface area contributed by atoms with Crippen LogP contribution in [0.15, 0.2) is 48.5 Å². The molecule has 0 spiro atoms. The van der Waals surface area contributed by atoms with E-state index in [4.69, 9.17) is 0 Å². The summed E-state index contributed by atoms with van der Waals surface area (Å²) in [5.74, 6) is -1.62. The third kappa shape index (κ3) is 3.13. The van der Waals surface area contributed by atoms with Crippen LogP contribution in [0, 0.1) is 0 Å². The van der Waals surface area contributed by atoms with Crippen LogP contribution in [0.25, 0.3) is 11.7 Å². The topological polar surface area (TPSA) is 0 Å². The van der Waals surface area contributed by atoms with Crippen LogP contribution in [0.3, 0.4) is 0 Å². The Morgan fingerprint density at radius 2 is 0.950 bits per heavy atom. The van der Waals surface area contributed by atoms with E-state index in [0.29, 0.717) is 0 Å². The molecule has 0 aliphatic carbocycles. The molecule has 0 unspecified atom stereocenters. The van der Waals surface area contributed by atoms with E-state index in [2.05, 4.69) is 0 Å². The summed E-state index contributed by atoms with van der Waals surface area (Å²) in [6.45, 7) is 4.05. The first-order valence-electron chi connectivity index (χ1n) is 6.89. The van der Waals surface area contributed by atoms with Crippen molar-refractivity contribution in [2.75, 3.05) is 0 Å². The van der Waals surface area contributed by atoms with Gasteiger partial charge in [-0.2, -0.15) is 0 Å². The first kappa shape index (κ1) is 14.4. The molecular weight excluding hydrogens is 254 g/mol. The third-order valence-electron chi connectivity index (χ3n) is 3.42. The van der Waals surface area contributed by atoms with Crippen molar-refractivity contribution in [1.82, 2.24) is 0 Å². The normalized spacial score (nSPS) is 12.2. The third-order valence-corrected chi connectivity index (χ3v) is 3.42. The fourth-order valence-electron chi connectivity index (χ4n) is 2.03. The van der Waals surface area contributed by atoms with E-state index in [1.54, 1.807) is 24.3 Å². The van der Waals surface area contributed by atoms with Gasteiger partial charge in [0.15, 0.2) is 11.7 Å². The van der Waals surface area contributed by atoms with Gasteiger partial charge in [0.05, 0.1) is 0 Å². The maximum absolute atomic E-state index is 14.1. The second kappa shape index (κ2) is 6.47. The molecule has 20 heavy (non-hydrogen) atoms. The molecule has 0 aliphatic rings. The lowest BCUT2D eigenvalue weighted by Crippen LogP contribution is -1.87. The Labute approximate surface area is 118 Å². The highest BCUT2D eigenvalue weighted by atomic mass is 19.2. The minimum absolute atomic E-state index is 0.277. The van der Waals surface area contributed by atoms with E-state index in [-0.39, 0.29) is 11.1 Å². The van der Waals surface area contributed by atoms with Crippen LogP contribution in [0.2, 0.25) is 0 Å². The minimum atomic E-state index is -0.808. The standard InChI is InChI=1S/C18H18F2/c1-3-13-5-9-15(10-6-13)17(19)18(20)16-11-7-14(4-2)8-12-16/h5-12H,3-4H2,1-2H3/b18-17+. The molecule has 2 rings (SSSR count). The number of benzene rings is 2. The lowest BCUT2D eigenvalue weighted by atomic mass is 10.1. The van der Waals surface area contributed by atoms with Gasteiger partial charge in [0, 0.05) is 11.1 Å². The molecule has 2 aromatic carbocycles. The maximum atomic E-state index is 14.1. The Balaban J connectivity index is 2.32. The van der Waals surface area contributed by atoms with Gasteiger partial charge < -0.3 is 0 Å². The fraction of sp³-hybridized carbons (Fsp3) is 0.222. The van der Waals surface area contributed by atoms with E-state index in [0.717, 1.165) is 24.0 Å². The van der Waals surface area contributed by atoms with Gasteiger partial charge in [-0.3, -0.25) is 0 Å². The van der Waals surface area contributed by atoms with Gasteiger partial charge in [-0.1, -0.05) is 62.4 Å². The highest BCUT2D eigenvalue weighted by molar-refractivity contribution is 5.83. The van der Waals surface area contributed by atoms with Crippen molar-refractivity contribution in [3.8, 4) is 0 Å². The van der Waals surface area contributed by atoms with Crippen LogP contribution in [0.1, 0.15) is 36.1 Å². The van der Waals surface area contributed by atoms with E-state index in [1.165, 1.54) is 0 Å². The molecule has 0 bridgehead atoms. The molecule has 0 heterocycles. The van der Waals surface area contributed by atoms with Crippen molar-refractivity contribution in [2.24, 2.45) is 0 Å². The van der Waals surface area contributed by atoms with Gasteiger partial charge in [-0.05, 0) is 24.0 Å². The van der Waals surface area contributed by atoms with Crippen LogP contribution in [-0.2, 0) is 12.8 Å². The van der Waals surface area contributed by atoms with Crippen molar-refractivity contribution >= 4 is 11.7 Å².